The fourth-order valence-electron chi connectivity index (χ4n) is 2.81. The van der Waals surface area contributed by atoms with Crippen LogP contribution in [0.15, 0.2) is 36.7 Å². The van der Waals surface area contributed by atoms with E-state index < -0.39 is 10.0 Å². The van der Waals surface area contributed by atoms with E-state index in [0.29, 0.717) is 10.6 Å². The van der Waals surface area contributed by atoms with Gasteiger partial charge in [0.05, 0.1) is 29.7 Å². The van der Waals surface area contributed by atoms with Crippen LogP contribution in [0.4, 0.5) is 5.69 Å². The second kappa shape index (κ2) is 8.51. The molecule has 140 valence electrons. The summed E-state index contributed by atoms with van der Waals surface area (Å²) in [6, 6.07) is 7.03. The van der Waals surface area contributed by atoms with Gasteiger partial charge < -0.3 is 5.32 Å². The summed E-state index contributed by atoms with van der Waals surface area (Å²) in [5, 5.41) is 3.65. The van der Waals surface area contributed by atoms with Crippen LogP contribution in [0.3, 0.4) is 0 Å². The van der Waals surface area contributed by atoms with Crippen molar-refractivity contribution in [2.75, 3.05) is 11.0 Å². The third-order valence-corrected chi connectivity index (χ3v) is 4.63. The van der Waals surface area contributed by atoms with Gasteiger partial charge in [-0.25, -0.2) is 8.42 Å². The van der Waals surface area contributed by atoms with E-state index in [9.17, 15) is 13.2 Å². The van der Waals surface area contributed by atoms with Crippen LogP contribution in [0.25, 0.3) is 0 Å². The first kappa shape index (κ1) is 20.2. The molecule has 1 aliphatic carbocycles. The zero-order valence-electron chi connectivity index (χ0n) is 14.9. The topological polar surface area (TPSA) is 88.2 Å². The smallest absolute Gasteiger partial charge is 0.253 e. The van der Waals surface area contributed by atoms with Crippen molar-refractivity contribution in [3.63, 3.8) is 0 Å². The average molecular weight is 396 g/mol. The second-order valence-corrected chi connectivity index (χ2v) is 7.93. The number of hydrogen-bond acceptors (Lipinski definition) is 4. The number of carbonyl (C=O) groups is 1. The lowest BCUT2D eigenvalue weighted by atomic mass is 10.1. The molecule has 1 amide bonds. The lowest BCUT2D eigenvalue weighted by Crippen LogP contribution is -2.27. The van der Waals surface area contributed by atoms with Crippen LogP contribution in [0.5, 0.6) is 0 Å². The molecule has 0 fully saturated rings. The fourth-order valence-corrected chi connectivity index (χ4v) is 3.55. The van der Waals surface area contributed by atoms with E-state index in [1.807, 2.05) is 32.0 Å². The molecule has 0 radical (unpaired) electrons. The molecule has 2 N–H and O–H groups in total. The highest BCUT2D eigenvalue weighted by Crippen LogP contribution is 2.33. The molecule has 0 aliphatic heterocycles. The number of aromatic nitrogens is 1. The average Bonchev–Trinajstić information content (AvgIpc) is 2.97. The highest BCUT2D eigenvalue weighted by atomic mass is 35.5. The van der Waals surface area contributed by atoms with Gasteiger partial charge in [-0.1, -0.05) is 31.5 Å². The Kier molecular flexibility index (Phi) is 6.61. The largest absolute Gasteiger partial charge is 0.345 e. The van der Waals surface area contributed by atoms with Crippen molar-refractivity contribution in [2.24, 2.45) is 0 Å². The van der Waals surface area contributed by atoms with Crippen molar-refractivity contribution in [2.45, 2.75) is 32.7 Å². The molecule has 1 atom stereocenters. The summed E-state index contributed by atoms with van der Waals surface area (Å²) in [6.07, 6.45) is 5.45. The Morgan fingerprint density at radius 1 is 1.23 bits per heavy atom. The molecular weight excluding hydrogens is 374 g/mol. The molecular formula is C18H22ClN3O3S. The van der Waals surface area contributed by atoms with Crippen molar-refractivity contribution in [1.82, 2.24) is 10.3 Å². The van der Waals surface area contributed by atoms with E-state index in [1.54, 1.807) is 0 Å². The van der Waals surface area contributed by atoms with Gasteiger partial charge in [0.2, 0.25) is 10.0 Å². The Morgan fingerprint density at radius 2 is 1.96 bits per heavy atom. The maximum atomic E-state index is 12.4. The lowest BCUT2D eigenvalue weighted by Gasteiger charge is -2.14. The van der Waals surface area contributed by atoms with Crippen LogP contribution in [0.1, 0.15) is 47.8 Å². The molecule has 6 nitrogen and oxygen atoms in total. The molecule has 0 saturated carbocycles. The van der Waals surface area contributed by atoms with Crippen LogP contribution in [0.2, 0.25) is 5.02 Å². The van der Waals surface area contributed by atoms with Crippen molar-refractivity contribution >= 4 is 33.2 Å². The van der Waals surface area contributed by atoms with Crippen molar-refractivity contribution in [3.05, 3.63) is 58.4 Å². The predicted octanol–water partition coefficient (Wildman–Crippen LogP) is 3.55. The fraction of sp³-hybridized carbons (Fsp3) is 0.333. The van der Waals surface area contributed by atoms with E-state index in [2.05, 4.69) is 15.0 Å². The first-order chi connectivity index (χ1) is 12.3. The van der Waals surface area contributed by atoms with Crippen molar-refractivity contribution in [1.29, 1.82) is 0 Å². The summed E-state index contributed by atoms with van der Waals surface area (Å²) in [6.45, 7) is 4.00. The first-order valence-electron chi connectivity index (χ1n) is 8.34. The lowest BCUT2D eigenvalue weighted by molar-refractivity contribution is 0.0936. The monoisotopic (exact) mass is 395 g/mol. The summed E-state index contributed by atoms with van der Waals surface area (Å²) in [5.41, 5.74) is 2.75. The molecule has 1 aromatic heterocycles. The number of sulfonamides is 1. The molecule has 1 aliphatic rings. The van der Waals surface area contributed by atoms with E-state index in [1.165, 1.54) is 18.5 Å². The molecule has 0 bridgehead atoms. The highest BCUT2D eigenvalue weighted by Gasteiger charge is 2.24. The number of benzene rings is 1. The number of carbonyl (C=O) groups excluding carboxylic acids is 1. The second-order valence-electron chi connectivity index (χ2n) is 5.74. The summed E-state index contributed by atoms with van der Waals surface area (Å²) in [4.78, 5) is 16.4. The molecule has 0 spiro atoms. The van der Waals surface area contributed by atoms with E-state index in [0.717, 1.165) is 30.2 Å². The van der Waals surface area contributed by atoms with Gasteiger partial charge >= 0.3 is 0 Å². The number of pyridine rings is 1. The number of anilines is 1. The van der Waals surface area contributed by atoms with Gasteiger partial charge in [0, 0.05) is 11.2 Å². The van der Waals surface area contributed by atoms with Gasteiger partial charge in [0.25, 0.3) is 5.91 Å². The molecule has 3 rings (SSSR count). The molecule has 1 heterocycles. The van der Waals surface area contributed by atoms with Gasteiger partial charge in [-0.3, -0.25) is 14.5 Å². The third-order valence-electron chi connectivity index (χ3n) is 3.79. The minimum Gasteiger partial charge on any atom is -0.345 e. The summed E-state index contributed by atoms with van der Waals surface area (Å²) in [5.74, 6) is -0.299. The number of aryl methyl sites for hydroxylation is 1. The van der Waals surface area contributed by atoms with Gasteiger partial charge in [-0.2, -0.15) is 0 Å². The van der Waals surface area contributed by atoms with Crippen LogP contribution in [-0.2, 0) is 16.4 Å². The van der Waals surface area contributed by atoms with Gasteiger partial charge in [-0.05, 0) is 42.2 Å². The summed E-state index contributed by atoms with van der Waals surface area (Å²) < 4.78 is 24.9. The molecule has 1 aromatic carbocycles. The van der Waals surface area contributed by atoms with Gasteiger partial charge in [0.1, 0.15) is 0 Å². The number of amides is 1. The number of nitrogens with one attached hydrogen (secondary N) is 2. The Labute approximate surface area is 159 Å². The van der Waals surface area contributed by atoms with Crippen LogP contribution in [0, 0.1) is 0 Å². The van der Waals surface area contributed by atoms with Crippen LogP contribution >= 0.6 is 11.6 Å². The SMILES string of the molecule is CC.CS(=O)(=O)Nc1cncc(C(=O)N[C@@H]2CCc3cc(Cl)ccc32)c1. The Bertz CT molecular complexity index is 900. The normalized spacial score (nSPS) is 15.5. The van der Waals surface area contributed by atoms with Crippen molar-refractivity contribution in [3.8, 4) is 0 Å². The zero-order chi connectivity index (χ0) is 19.3. The summed E-state index contributed by atoms with van der Waals surface area (Å²) in [7, 11) is -3.42. The van der Waals surface area contributed by atoms with Crippen LogP contribution in [-0.4, -0.2) is 25.6 Å². The molecule has 2 aromatic rings. The molecule has 0 saturated heterocycles. The van der Waals surface area contributed by atoms with Gasteiger partial charge in [0.15, 0.2) is 0 Å². The Morgan fingerprint density at radius 3 is 2.65 bits per heavy atom. The van der Waals surface area contributed by atoms with E-state index in [4.69, 9.17) is 11.6 Å². The number of hydrogen-bond donors (Lipinski definition) is 2. The minimum absolute atomic E-state index is 0.0868. The first-order valence-corrected chi connectivity index (χ1v) is 10.6. The number of nitrogens with zero attached hydrogens (tertiary/aromatic N) is 1. The van der Waals surface area contributed by atoms with Gasteiger partial charge in [-0.15, -0.1) is 0 Å². The number of fused-ring (bicyclic) bond motifs is 1. The Balaban J connectivity index is 0.00000117. The summed E-state index contributed by atoms with van der Waals surface area (Å²) >= 11 is 5.99. The standard InChI is InChI=1S/C16H16ClN3O3S.C2H6/c1-24(22,23)20-13-7-11(8-18-9-13)16(21)19-15-5-2-10-6-12(17)3-4-14(10)15;1-2/h3-4,6-9,15,20H,2,5H2,1H3,(H,19,21);1-2H3/t15-;/m1./s1. The quantitative estimate of drug-likeness (QED) is 0.828. The minimum atomic E-state index is -3.42. The Hall–Kier alpha value is -2.12. The number of rotatable bonds is 4. The van der Waals surface area contributed by atoms with E-state index in [-0.39, 0.29) is 17.6 Å². The van der Waals surface area contributed by atoms with Crippen LogP contribution < -0.4 is 10.0 Å². The third kappa shape index (κ3) is 5.19. The maximum absolute atomic E-state index is 12.4. The molecule has 8 heteroatoms. The molecule has 0 unspecified atom stereocenters. The molecule has 26 heavy (non-hydrogen) atoms. The van der Waals surface area contributed by atoms with Crippen molar-refractivity contribution < 1.29 is 13.2 Å². The number of halogens is 1. The predicted molar refractivity (Wildman–Crippen MR) is 104 cm³/mol. The highest BCUT2D eigenvalue weighted by molar-refractivity contribution is 7.92. The maximum Gasteiger partial charge on any atom is 0.253 e. The zero-order valence-corrected chi connectivity index (χ0v) is 16.5. The van der Waals surface area contributed by atoms with E-state index >= 15 is 0 Å².